The molecule has 0 spiro atoms. The van der Waals surface area contributed by atoms with Gasteiger partial charge in [0.1, 0.15) is 18.2 Å². The Hall–Kier alpha value is -2.01. The quantitative estimate of drug-likeness (QED) is 0.251. The molecule has 9 heteroatoms. The average molecular weight is 527 g/mol. The number of rotatable bonds is 7. The van der Waals surface area contributed by atoms with Crippen molar-refractivity contribution in [1.82, 2.24) is 30.3 Å². The van der Waals surface area contributed by atoms with Crippen LogP contribution in [0.2, 0.25) is 0 Å². The fraction of sp³-hybridized carbons (Fsp3) is 0.476. The number of aromatic nitrogens is 3. The predicted octanol–water partition coefficient (Wildman–Crippen LogP) is 2.77. The van der Waals surface area contributed by atoms with Crippen molar-refractivity contribution in [2.75, 3.05) is 19.6 Å². The molecule has 0 unspecified atom stereocenters. The highest BCUT2D eigenvalue weighted by Crippen LogP contribution is 2.14. The van der Waals surface area contributed by atoms with Gasteiger partial charge in [0, 0.05) is 39.3 Å². The highest BCUT2D eigenvalue weighted by Gasteiger charge is 2.20. The molecule has 3 rings (SSSR count). The SMILES string of the molecule is C=CCNC(=NCc1nnc(C)n1C)NC1CCN(Cc2ccc(F)cc2)CC1.I. The summed E-state index contributed by atoms with van der Waals surface area (Å²) in [5.41, 5.74) is 1.15. The normalized spacial score (nSPS) is 15.5. The number of likely N-dealkylation sites (tertiary alicyclic amines) is 1. The number of nitrogens with zero attached hydrogens (tertiary/aromatic N) is 5. The van der Waals surface area contributed by atoms with Gasteiger partial charge in [0.05, 0.1) is 0 Å². The van der Waals surface area contributed by atoms with Crippen LogP contribution in [0.5, 0.6) is 0 Å². The third-order valence-electron chi connectivity index (χ3n) is 5.22. The van der Waals surface area contributed by atoms with E-state index >= 15 is 0 Å². The van der Waals surface area contributed by atoms with Crippen LogP contribution in [0.4, 0.5) is 4.39 Å². The molecule has 164 valence electrons. The van der Waals surface area contributed by atoms with E-state index in [2.05, 4.69) is 37.3 Å². The molecule has 1 saturated heterocycles. The van der Waals surface area contributed by atoms with E-state index in [1.165, 1.54) is 12.1 Å². The first kappa shape index (κ1) is 24.3. The van der Waals surface area contributed by atoms with Crippen LogP contribution in [0, 0.1) is 12.7 Å². The van der Waals surface area contributed by atoms with Gasteiger partial charge in [0.2, 0.25) is 0 Å². The van der Waals surface area contributed by atoms with E-state index in [-0.39, 0.29) is 29.8 Å². The molecule has 0 atom stereocenters. The summed E-state index contributed by atoms with van der Waals surface area (Å²) in [4.78, 5) is 7.07. The van der Waals surface area contributed by atoms with E-state index in [9.17, 15) is 4.39 Å². The van der Waals surface area contributed by atoms with E-state index in [1.54, 1.807) is 0 Å². The summed E-state index contributed by atoms with van der Waals surface area (Å²) in [6.45, 7) is 9.65. The molecule has 0 bridgehead atoms. The average Bonchev–Trinajstić information content (AvgIpc) is 3.05. The molecule has 30 heavy (non-hydrogen) atoms. The zero-order chi connectivity index (χ0) is 20.6. The number of guanidine groups is 1. The van der Waals surface area contributed by atoms with Crippen LogP contribution < -0.4 is 10.6 Å². The number of benzene rings is 1. The van der Waals surface area contributed by atoms with Crippen molar-refractivity contribution in [2.24, 2.45) is 12.0 Å². The Labute approximate surface area is 194 Å². The highest BCUT2D eigenvalue weighted by molar-refractivity contribution is 14.0. The Balaban J connectivity index is 0.00000320. The van der Waals surface area contributed by atoms with Gasteiger partial charge in [-0.05, 0) is 37.5 Å². The minimum absolute atomic E-state index is 0. The molecule has 0 radical (unpaired) electrons. The molecule has 1 fully saturated rings. The van der Waals surface area contributed by atoms with E-state index < -0.39 is 0 Å². The summed E-state index contributed by atoms with van der Waals surface area (Å²) in [7, 11) is 1.95. The number of hydrogen-bond donors (Lipinski definition) is 2. The van der Waals surface area contributed by atoms with Crippen molar-refractivity contribution in [3.63, 3.8) is 0 Å². The topological polar surface area (TPSA) is 70.4 Å². The Morgan fingerprint density at radius 3 is 2.57 bits per heavy atom. The molecular weight excluding hydrogens is 496 g/mol. The summed E-state index contributed by atoms with van der Waals surface area (Å²) in [6, 6.07) is 7.12. The number of aliphatic imine (C=N–C) groups is 1. The third-order valence-corrected chi connectivity index (χ3v) is 5.22. The summed E-state index contributed by atoms with van der Waals surface area (Å²) < 4.78 is 15.0. The van der Waals surface area contributed by atoms with Crippen LogP contribution in [-0.2, 0) is 20.1 Å². The van der Waals surface area contributed by atoms with Gasteiger partial charge in [0.15, 0.2) is 11.8 Å². The van der Waals surface area contributed by atoms with Crippen molar-refractivity contribution < 1.29 is 4.39 Å². The van der Waals surface area contributed by atoms with E-state index in [0.29, 0.717) is 19.1 Å². The number of halogens is 2. The number of hydrogen-bond acceptors (Lipinski definition) is 4. The number of piperidine rings is 1. The highest BCUT2D eigenvalue weighted by atomic mass is 127. The third kappa shape index (κ3) is 7.05. The van der Waals surface area contributed by atoms with Gasteiger partial charge in [-0.15, -0.1) is 40.8 Å². The molecule has 1 aliphatic rings. The van der Waals surface area contributed by atoms with Gasteiger partial charge in [0.25, 0.3) is 0 Å². The van der Waals surface area contributed by atoms with Crippen molar-refractivity contribution >= 4 is 29.9 Å². The minimum Gasteiger partial charge on any atom is -0.354 e. The molecule has 0 amide bonds. The molecule has 2 aromatic rings. The Bertz CT molecular complexity index is 826. The fourth-order valence-electron chi connectivity index (χ4n) is 3.34. The lowest BCUT2D eigenvalue weighted by molar-refractivity contribution is 0.198. The summed E-state index contributed by atoms with van der Waals surface area (Å²) >= 11 is 0. The molecular formula is C21H31FIN7. The standard InChI is InChI=1S/C21H30FN7.HI/c1-4-11-23-21(24-14-20-27-26-16(2)28(20)3)25-19-9-12-29(13-10-19)15-17-5-7-18(22)8-6-17;/h4-8,19H,1,9-15H2,2-3H3,(H2,23,24,25);1H. The first-order valence-electron chi connectivity index (χ1n) is 10.0. The van der Waals surface area contributed by atoms with Gasteiger partial charge in [-0.1, -0.05) is 18.2 Å². The van der Waals surface area contributed by atoms with Gasteiger partial charge >= 0.3 is 0 Å². The zero-order valence-corrected chi connectivity index (χ0v) is 20.0. The second-order valence-electron chi connectivity index (χ2n) is 7.38. The maximum atomic E-state index is 13.1. The number of nitrogens with one attached hydrogen (secondary N) is 2. The van der Waals surface area contributed by atoms with Crippen molar-refractivity contribution in [3.05, 3.63) is 59.9 Å². The van der Waals surface area contributed by atoms with Crippen molar-refractivity contribution in [3.8, 4) is 0 Å². The molecule has 2 heterocycles. The van der Waals surface area contributed by atoms with E-state index in [1.807, 2.05) is 36.7 Å². The monoisotopic (exact) mass is 527 g/mol. The maximum Gasteiger partial charge on any atom is 0.192 e. The Morgan fingerprint density at radius 1 is 1.27 bits per heavy atom. The van der Waals surface area contributed by atoms with Gasteiger partial charge in [-0.2, -0.15) is 0 Å². The largest absolute Gasteiger partial charge is 0.354 e. The lowest BCUT2D eigenvalue weighted by atomic mass is 10.0. The second kappa shape index (κ2) is 12.0. The van der Waals surface area contributed by atoms with E-state index in [0.717, 1.165) is 55.6 Å². The zero-order valence-electron chi connectivity index (χ0n) is 17.6. The summed E-state index contributed by atoms with van der Waals surface area (Å²) in [5, 5.41) is 15.1. The van der Waals surface area contributed by atoms with Crippen LogP contribution in [0.1, 0.15) is 30.1 Å². The van der Waals surface area contributed by atoms with Gasteiger partial charge < -0.3 is 15.2 Å². The van der Waals surface area contributed by atoms with Gasteiger partial charge in [-0.3, -0.25) is 4.90 Å². The molecule has 2 N–H and O–H groups in total. The van der Waals surface area contributed by atoms with Crippen molar-refractivity contribution in [2.45, 2.75) is 38.9 Å². The maximum absolute atomic E-state index is 13.1. The molecule has 0 saturated carbocycles. The number of aryl methyl sites for hydroxylation is 1. The first-order valence-corrected chi connectivity index (χ1v) is 10.0. The minimum atomic E-state index is -0.188. The Morgan fingerprint density at radius 2 is 1.97 bits per heavy atom. The molecule has 1 aliphatic heterocycles. The molecule has 1 aromatic carbocycles. The van der Waals surface area contributed by atoms with Crippen molar-refractivity contribution in [1.29, 1.82) is 0 Å². The first-order chi connectivity index (χ1) is 14.0. The lowest BCUT2D eigenvalue weighted by Crippen LogP contribution is -2.48. The summed E-state index contributed by atoms with van der Waals surface area (Å²) in [5.74, 6) is 2.28. The van der Waals surface area contributed by atoms with E-state index in [4.69, 9.17) is 0 Å². The van der Waals surface area contributed by atoms with Crippen LogP contribution in [0.3, 0.4) is 0 Å². The second-order valence-corrected chi connectivity index (χ2v) is 7.38. The lowest BCUT2D eigenvalue weighted by Gasteiger charge is -2.33. The smallest absolute Gasteiger partial charge is 0.192 e. The fourth-order valence-corrected chi connectivity index (χ4v) is 3.34. The van der Waals surface area contributed by atoms with Gasteiger partial charge in [-0.25, -0.2) is 9.38 Å². The van der Waals surface area contributed by atoms with Crippen LogP contribution in [0.15, 0.2) is 41.9 Å². The summed E-state index contributed by atoms with van der Waals surface area (Å²) in [6.07, 6.45) is 3.87. The predicted molar refractivity (Wildman–Crippen MR) is 128 cm³/mol. The molecule has 0 aliphatic carbocycles. The van der Waals surface area contributed by atoms with Crippen LogP contribution in [-0.4, -0.2) is 51.3 Å². The Kier molecular flexibility index (Phi) is 9.70. The molecule has 1 aromatic heterocycles. The molecule has 7 nitrogen and oxygen atoms in total. The van der Waals surface area contributed by atoms with Crippen LogP contribution >= 0.6 is 24.0 Å². The van der Waals surface area contributed by atoms with Crippen LogP contribution in [0.25, 0.3) is 0 Å².